The van der Waals surface area contributed by atoms with Crippen molar-refractivity contribution < 1.29 is 166 Å². The molecule has 2 saturated carbocycles. The molecule has 0 unspecified atom stereocenters. The minimum absolute atomic E-state index is 0. The maximum atomic E-state index is 15.0. The number of hydrogen-bond donors (Lipinski definition) is 3. The second-order valence-corrected chi connectivity index (χ2v) is 37.5. The van der Waals surface area contributed by atoms with Gasteiger partial charge in [0.2, 0.25) is 0 Å². The van der Waals surface area contributed by atoms with Crippen LogP contribution in [-0.4, -0.2) is 62.9 Å². The van der Waals surface area contributed by atoms with Crippen molar-refractivity contribution in [1.82, 2.24) is 0 Å². The van der Waals surface area contributed by atoms with E-state index >= 15 is 0 Å². The molecule has 28 heteroatoms. The number of aryl methyl sites for hydroxylation is 4. The van der Waals surface area contributed by atoms with Crippen molar-refractivity contribution in [3.63, 3.8) is 0 Å². The fraction of sp³-hybridized carbons (Fsp3) is 0.456. The van der Waals surface area contributed by atoms with E-state index in [1.807, 2.05) is 84.9 Å². The minimum atomic E-state index is -1.35. The molecule has 0 atom stereocenters. The predicted molar refractivity (Wildman–Crippen MR) is 506 cm³/mol. The first-order chi connectivity index (χ1) is 54.7. The molecular formula is C90H119B2Br5Cl6F4K2O9. The second kappa shape index (κ2) is 73.6. The van der Waals surface area contributed by atoms with Gasteiger partial charge in [0.1, 0.15) is 38.1 Å². The zero-order valence-corrected chi connectivity index (χ0v) is 87.2. The number of ether oxygens (including phenoxy) is 3. The van der Waals surface area contributed by atoms with Gasteiger partial charge in [-0.1, -0.05) is 318 Å². The Morgan fingerprint density at radius 3 is 1.15 bits per heavy atom. The number of unbranched alkanes of at least 4 members (excludes halogenated alkanes) is 4. The summed E-state index contributed by atoms with van der Waals surface area (Å²) >= 11 is 49.0. The molecule has 0 spiro atoms. The molecule has 0 bridgehead atoms. The summed E-state index contributed by atoms with van der Waals surface area (Å²) in [5, 5.41) is 36.8. The molecule has 8 aromatic rings. The molecule has 0 radical (unpaired) electrons. The van der Waals surface area contributed by atoms with Gasteiger partial charge in [-0.15, -0.1) is 70.5 Å². The number of hydrogen-bond acceptors (Lipinski definition) is 9. The van der Waals surface area contributed by atoms with Gasteiger partial charge in [0.15, 0.2) is 17.5 Å². The predicted octanol–water partition coefficient (Wildman–Crippen LogP) is 24.4. The van der Waals surface area contributed by atoms with E-state index in [0.717, 1.165) is 104 Å². The number of alkyl halides is 3. The normalized spacial score (nSPS) is 13.9. The topological polar surface area (TPSA) is 138 Å². The Morgan fingerprint density at radius 2 is 0.805 bits per heavy atom. The van der Waals surface area contributed by atoms with E-state index in [2.05, 4.69) is 138 Å². The maximum Gasteiger partial charge on any atom is 1.00 e. The van der Waals surface area contributed by atoms with Crippen molar-refractivity contribution in [1.29, 1.82) is 0 Å². The average Bonchev–Trinajstić information content (AvgIpc) is 0.818. The van der Waals surface area contributed by atoms with Gasteiger partial charge in [0.05, 0.1) is 41.8 Å². The van der Waals surface area contributed by atoms with Gasteiger partial charge >= 0.3 is 113 Å². The molecule has 2 aliphatic rings. The van der Waals surface area contributed by atoms with E-state index in [0.29, 0.717) is 44.7 Å². The Kier molecular flexibility index (Phi) is 76.0. The molecule has 0 heterocycles. The number of benzene rings is 8. The summed E-state index contributed by atoms with van der Waals surface area (Å²) in [7, 11) is 1.56. The van der Waals surface area contributed by atoms with E-state index < -0.39 is 24.6 Å². The number of aromatic hydroxyl groups is 1. The van der Waals surface area contributed by atoms with Crippen LogP contribution in [0.2, 0.25) is 20.1 Å². The van der Waals surface area contributed by atoms with Gasteiger partial charge < -0.3 is 40.9 Å². The van der Waals surface area contributed by atoms with Crippen molar-refractivity contribution in [3.05, 3.63) is 221 Å². The Labute approximate surface area is 862 Å². The van der Waals surface area contributed by atoms with Crippen LogP contribution in [0.25, 0.3) is 33.4 Å². The average molecular weight is 2130 g/mol. The Hall–Kier alpha value is -0.267. The molecule has 0 aliphatic heterocycles. The summed E-state index contributed by atoms with van der Waals surface area (Å²) in [5.41, 5.74) is 10.2. The van der Waals surface area contributed by atoms with Crippen LogP contribution in [0.4, 0.5) is 17.6 Å². The minimum Gasteiger partial charge on any atom is -1.00 e. The molecule has 0 amide bonds. The fourth-order valence-corrected chi connectivity index (χ4v) is 14.6. The third-order valence-electron chi connectivity index (χ3n) is 18.9. The van der Waals surface area contributed by atoms with Gasteiger partial charge in [-0.3, -0.25) is 4.79 Å². The van der Waals surface area contributed by atoms with Crippen molar-refractivity contribution in [3.8, 4) is 50.6 Å². The molecule has 0 saturated heterocycles. The number of phenols is 1. The number of methoxy groups -OCH3 is 2. The van der Waals surface area contributed by atoms with Crippen molar-refractivity contribution in [2.75, 3.05) is 24.9 Å². The summed E-state index contributed by atoms with van der Waals surface area (Å²) in [6, 6.07) is 44.2. The molecule has 646 valence electrons. The van der Waals surface area contributed by atoms with E-state index in [9.17, 15) is 22.7 Å². The first kappa shape index (κ1) is 122. The van der Waals surface area contributed by atoms with Crippen LogP contribution >= 0.6 is 149 Å². The summed E-state index contributed by atoms with van der Waals surface area (Å²) in [6.45, 7) is 13.3. The molecule has 2 fully saturated rings. The third kappa shape index (κ3) is 48.2. The molecular weight excluding hydrogens is 2010 g/mol. The zero-order valence-electron chi connectivity index (χ0n) is 69.5. The Morgan fingerprint density at radius 1 is 0.483 bits per heavy atom. The number of halogens is 15. The summed E-state index contributed by atoms with van der Waals surface area (Å²) in [4.78, 5) is 11.2. The van der Waals surface area contributed by atoms with Crippen LogP contribution in [0, 0.1) is 41.0 Å². The van der Waals surface area contributed by atoms with Gasteiger partial charge in [-0.05, 0) is 184 Å². The van der Waals surface area contributed by atoms with Crippen LogP contribution in [0.5, 0.6) is 17.2 Å². The largest absolute Gasteiger partial charge is 1.00 e. The molecule has 10 rings (SSSR count). The van der Waals surface area contributed by atoms with Crippen LogP contribution in [0.15, 0.2) is 150 Å². The Bertz CT molecular complexity index is 3910. The first-order valence-electron chi connectivity index (χ1n) is 38.8. The summed E-state index contributed by atoms with van der Waals surface area (Å²) in [6.07, 6.45) is 30.6. The molecule has 8 aromatic carbocycles. The van der Waals surface area contributed by atoms with E-state index in [1.165, 1.54) is 144 Å². The molecule has 3 N–H and O–H groups in total. The van der Waals surface area contributed by atoms with Gasteiger partial charge in [0, 0.05) is 22.0 Å². The van der Waals surface area contributed by atoms with E-state index in [1.54, 1.807) is 36.4 Å². The summed E-state index contributed by atoms with van der Waals surface area (Å²) in [5.74, 6) is 1.51. The number of rotatable bonds is 27. The quantitative estimate of drug-likeness (QED) is 0.00671. The van der Waals surface area contributed by atoms with Crippen LogP contribution in [0.1, 0.15) is 214 Å². The maximum absolute atomic E-state index is 15.0. The second-order valence-electron chi connectivity index (χ2n) is 27.2. The van der Waals surface area contributed by atoms with Gasteiger partial charge in [0.25, 0.3) is 6.47 Å². The third-order valence-corrected chi connectivity index (χ3v) is 21.9. The standard InChI is InChI=1S/C27H36ClFO.C16H16ClFO.C15H14ClFO.C12H23Br.C9H13BO2.C7H5BrClFO.CH2Cl2.CH2O3.2CH4.BBr3.2K.H/c1-3-5-6-8-21-11-16-24(17-12-21)30-19-23-15-18-25(27(29)26(23)28)22-13-9-20(7-4-2)10-14-22;1-3-4-11-5-7-12(8-6-11)13-9-10-14(19-2)15(17)16(13)18;1-2-3-10-4-6-11(7-5-10)12-8-9-13(18)14(16)15(12)17;1-2-3-4-5-11-6-8-12(10-13)9-7-11;1-2-3-8-4-6-9(7-5-8)10(11)12;1-11-5-3-2-4(8)7(10)6(5)9;2-1-3;2-1-4-3;;;2-1(3)4;;;/h9-10,13-15,18,21,24H,3-8,11-12,16-17,19H2,1-2H3;5-10H,3-4H2,1-2H3;4-9,18H,2-3H2,1H3;11-12H,2-10H2,1H3;4-7,11-12H,2-3H2,1H3;2-3H,1H3;1H2;1,3H;2*1H4;;;;/q;;;;;;;;;;;2*+1;-1/p-1. The SMILES string of the molecule is BrB(Br)Br.C.C.CCCCCC1CCC(CBr)CC1.CCCCCC1CCC(OCc2ccc(-c3ccc(CCC)cc3)c(F)c2Cl)CC1.CCCc1ccc(-c2ccc(O)c(Cl)c2F)cc1.CCCc1ccc(-c2ccc(OC)c(Cl)c2F)cc1.CCCc1ccc(B(O)O)cc1.COc1ccc(Br)c(F)c1Cl.ClCCl.O=CO[O-].[H-].[K+].[K+]. The fourth-order valence-electron chi connectivity index (χ4n) is 12.7. The molecule has 0 aromatic heterocycles. The molecule has 2 aliphatic carbocycles. The van der Waals surface area contributed by atoms with Crippen molar-refractivity contribution in [2.45, 2.75) is 223 Å². The van der Waals surface area contributed by atoms with Crippen molar-refractivity contribution >= 4 is 171 Å². The van der Waals surface area contributed by atoms with Gasteiger partial charge in [-0.25, -0.2) is 17.6 Å². The monoisotopic (exact) mass is 2120 g/mol. The number of phenolic OH excluding ortho intramolecular Hbond substituents is 1. The first-order valence-corrected chi connectivity index (χ1v) is 46.0. The van der Waals surface area contributed by atoms with Gasteiger partial charge in [-0.2, -0.15) is 0 Å². The zero-order chi connectivity index (χ0) is 84.9. The van der Waals surface area contributed by atoms with Crippen LogP contribution < -0.4 is 123 Å². The number of carbonyl (C=O) groups excluding carboxylic acids is 1. The van der Waals surface area contributed by atoms with E-state index in [-0.39, 0.29) is 172 Å². The molecule has 9 nitrogen and oxygen atoms in total. The van der Waals surface area contributed by atoms with Crippen LogP contribution in [-0.2, 0) is 46.7 Å². The van der Waals surface area contributed by atoms with E-state index in [4.69, 9.17) is 104 Å². The molecule has 118 heavy (non-hydrogen) atoms. The summed E-state index contributed by atoms with van der Waals surface area (Å²) < 4.78 is 72.5. The smallest absolute Gasteiger partial charge is 1.00 e. The van der Waals surface area contributed by atoms with Crippen molar-refractivity contribution in [2.24, 2.45) is 17.8 Å². The number of carbonyl (C=O) groups is 1. The van der Waals surface area contributed by atoms with Crippen LogP contribution in [0.3, 0.4) is 0 Å². The Balaban J connectivity index is -0.000000663.